The van der Waals surface area contributed by atoms with Crippen molar-refractivity contribution < 1.29 is 27.2 Å². The zero-order chi connectivity index (χ0) is 21.3. The Bertz CT molecular complexity index is 1010. The first-order valence-corrected chi connectivity index (χ1v) is 10.4. The second-order valence-corrected chi connectivity index (χ2v) is 9.16. The van der Waals surface area contributed by atoms with Crippen LogP contribution < -0.4 is 9.64 Å². The predicted molar refractivity (Wildman–Crippen MR) is 105 cm³/mol. The van der Waals surface area contributed by atoms with Crippen molar-refractivity contribution in [1.29, 1.82) is 0 Å². The Morgan fingerprint density at radius 2 is 1.93 bits per heavy atom. The second-order valence-electron chi connectivity index (χ2n) is 7.01. The molecule has 2 aromatic rings. The van der Waals surface area contributed by atoms with Gasteiger partial charge in [0.15, 0.2) is 0 Å². The smallest absolute Gasteiger partial charge is 0.332 e. The maximum absolute atomic E-state index is 12.9. The zero-order valence-electron chi connectivity index (χ0n) is 16.7. The Hall–Kier alpha value is -2.85. The Kier molecular flexibility index (Phi) is 5.67. The summed E-state index contributed by atoms with van der Waals surface area (Å²) >= 11 is 0. The summed E-state index contributed by atoms with van der Waals surface area (Å²) in [6.07, 6.45) is 1.20. The van der Waals surface area contributed by atoms with Gasteiger partial charge in [-0.05, 0) is 38.1 Å². The first-order valence-electron chi connectivity index (χ1n) is 8.98. The molecule has 156 valence electrons. The minimum atomic E-state index is -3.68. The molecule has 29 heavy (non-hydrogen) atoms. The molecule has 1 fully saturated rings. The molecule has 3 amide bonds. The average Bonchev–Trinajstić information content (AvgIpc) is 3.25. The quantitative estimate of drug-likeness (QED) is 0.636. The molecule has 9 nitrogen and oxygen atoms in total. The highest BCUT2D eigenvalue weighted by Crippen LogP contribution is 2.35. The van der Waals surface area contributed by atoms with E-state index in [-0.39, 0.29) is 35.7 Å². The summed E-state index contributed by atoms with van der Waals surface area (Å²) in [5, 5.41) is 0. The van der Waals surface area contributed by atoms with Gasteiger partial charge in [-0.2, -0.15) is 0 Å². The number of carbonyl (C=O) groups excluding carboxylic acids is 2. The summed E-state index contributed by atoms with van der Waals surface area (Å²) in [7, 11) is -0.821. The number of hydrogen-bond donors (Lipinski definition) is 0. The fourth-order valence-electron chi connectivity index (χ4n) is 2.88. The van der Waals surface area contributed by atoms with Gasteiger partial charge < -0.3 is 9.15 Å². The van der Waals surface area contributed by atoms with Gasteiger partial charge in [-0.15, -0.1) is 0 Å². The van der Waals surface area contributed by atoms with Gasteiger partial charge >= 0.3 is 6.03 Å². The van der Waals surface area contributed by atoms with Gasteiger partial charge in [0.25, 0.3) is 5.91 Å². The molecular weight excluding hydrogens is 398 g/mol. The average molecular weight is 421 g/mol. The van der Waals surface area contributed by atoms with Crippen LogP contribution >= 0.6 is 0 Å². The van der Waals surface area contributed by atoms with Crippen LogP contribution in [0.4, 0.5) is 10.5 Å². The van der Waals surface area contributed by atoms with E-state index in [1.807, 2.05) is 0 Å². The van der Waals surface area contributed by atoms with Crippen LogP contribution in [-0.2, 0) is 21.4 Å². The number of imide groups is 1. The van der Waals surface area contributed by atoms with Crippen LogP contribution in [0.5, 0.6) is 5.75 Å². The molecule has 0 unspecified atom stereocenters. The molecule has 0 radical (unpaired) electrons. The molecule has 1 aromatic heterocycles. The Morgan fingerprint density at radius 1 is 1.21 bits per heavy atom. The van der Waals surface area contributed by atoms with Crippen molar-refractivity contribution >= 4 is 27.6 Å². The number of urea groups is 1. The van der Waals surface area contributed by atoms with Gasteiger partial charge in [0.2, 0.25) is 10.0 Å². The SMILES string of the molecule is CC(C)Oc1cc(S(=O)(=O)N(C)C)ccc1N1CC(=O)N(Cc2ccco2)C1=O. The van der Waals surface area contributed by atoms with Crippen molar-refractivity contribution in [3.63, 3.8) is 0 Å². The molecule has 0 atom stereocenters. The summed E-state index contributed by atoms with van der Waals surface area (Å²) in [5.41, 5.74) is 0.330. The summed E-state index contributed by atoms with van der Waals surface area (Å²) < 4.78 is 37.0. The predicted octanol–water partition coefficient (Wildman–Crippen LogP) is 2.29. The van der Waals surface area contributed by atoms with E-state index in [0.717, 1.165) is 9.21 Å². The lowest BCUT2D eigenvalue weighted by Crippen LogP contribution is -2.33. The standard InChI is InChI=1S/C19H23N3O6S/c1-13(2)28-17-10-15(29(25,26)20(3)4)7-8-16(17)21-12-18(23)22(19(21)24)11-14-6-5-9-27-14/h5-10,13H,11-12H2,1-4H3. The van der Waals surface area contributed by atoms with Gasteiger partial charge in [-0.3, -0.25) is 14.6 Å². The third-order valence-corrected chi connectivity index (χ3v) is 6.12. The molecule has 0 saturated carbocycles. The summed E-state index contributed by atoms with van der Waals surface area (Å²) in [4.78, 5) is 27.7. The van der Waals surface area contributed by atoms with Gasteiger partial charge in [0.05, 0.1) is 29.5 Å². The molecule has 1 aliphatic rings. The van der Waals surface area contributed by atoms with E-state index in [9.17, 15) is 18.0 Å². The molecule has 3 rings (SSSR count). The molecule has 10 heteroatoms. The van der Waals surface area contributed by atoms with E-state index in [0.29, 0.717) is 11.4 Å². The lowest BCUT2D eigenvalue weighted by Gasteiger charge is -2.22. The number of ether oxygens (including phenoxy) is 1. The Morgan fingerprint density at radius 3 is 2.52 bits per heavy atom. The maximum Gasteiger partial charge on any atom is 0.332 e. The number of rotatable bonds is 7. The van der Waals surface area contributed by atoms with Crippen molar-refractivity contribution in [3.8, 4) is 5.75 Å². The van der Waals surface area contributed by atoms with Crippen LogP contribution in [0.3, 0.4) is 0 Å². The molecule has 0 aliphatic carbocycles. The highest BCUT2D eigenvalue weighted by atomic mass is 32.2. The number of anilines is 1. The lowest BCUT2D eigenvalue weighted by molar-refractivity contribution is -0.125. The molecule has 2 heterocycles. The minimum Gasteiger partial charge on any atom is -0.489 e. The van der Waals surface area contributed by atoms with E-state index in [1.54, 1.807) is 26.0 Å². The molecule has 0 bridgehead atoms. The highest BCUT2D eigenvalue weighted by molar-refractivity contribution is 7.89. The largest absolute Gasteiger partial charge is 0.489 e. The number of amides is 3. The summed E-state index contributed by atoms with van der Waals surface area (Å²) in [5.74, 6) is 0.315. The van der Waals surface area contributed by atoms with Crippen molar-refractivity contribution in [1.82, 2.24) is 9.21 Å². The van der Waals surface area contributed by atoms with Gasteiger partial charge in [-0.25, -0.2) is 17.5 Å². The first-order chi connectivity index (χ1) is 13.6. The van der Waals surface area contributed by atoms with Crippen LogP contribution in [0.25, 0.3) is 0 Å². The molecule has 1 saturated heterocycles. The number of hydrogen-bond acceptors (Lipinski definition) is 6. The number of benzene rings is 1. The Balaban J connectivity index is 1.97. The normalized spacial score (nSPS) is 15.1. The number of carbonyl (C=O) groups is 2. The number of sulfonamides is 1. The van der Waals surface area contributed by atoms with E-state index in [4.69, 9.17) is 9.15 Å². The van der Waals surface area contributed by atoms with Crippen molar-refractivity contribution in [2.24, 2.45) is 0 Å². The van der Waals surface area contributed by atoms with E-state index in [2.05, 4.69) is 0 Å². The zero-order valence-corrected chi connectivity index (χ0v) is 17.5. The monoisotopic (exact) mass is 421 g/mol. The van der Waals surface area contributed by atoms with Gasteiger partial charge in [0, 0.05) is 20.2 Å². The Labute approximate surface area is 169 Å². The molecule has 1 aromatic carbocycles. The van der Waals surface area contributed by atoms with Crippen molar-refractivity contribution in [2.75, 3.05) is 25.5 Å². The molecule has 0 spiro atoms. The third kappa shape index (κ3) is 4.13. The van der Waals surface area contributed by atoms with Crippen LogP contribution in [-0.4, -0.2) is 56.3 Å². The van der Waals surface area contributed by atoms with E-state index in [1.165, 1.54) is 43.5 Å². The number of furan rings is 1. The van der Waals surface area contributed by atoms with E-state index < -0.39 is 16.1 Å². The minimum absolute atomic E-state index is 0.0225. The maximum atomic E-state index is 12.9. The lowest BCUT2D eigenvalue weighted by atomic mass is 10.2. The summed E-state index contributed by atoms with van der Waals surface area (Å²) in [6.45, 7) is 3.43. The van der Waals surface area contributed by atoms with E-state index >= 15 is 0 Å². The van der Waals surface area contributed by atoms with Crippen LogP contribution in [0.2, 0.25) is 0 Å². The van der Waals surface area contributed by atoms with Gasteiger partial charge in [-0.1, -0.05) is 0 Å². The van der Waals surface area contributed by atoms with Crippen LogP contribution in [0.15, 0.2) is 45.9 Å². The van der Waals surface area contributed by atoms with Crippen molar-refractivity contribution in [3.05, 3.63) is 42.4 Å². The van der Waals surface area contributed by atoms with Crippen molar-refractivity contribution in [2.45, 2.75) is 31.4 Å². The number of nitrogens with zero attached hydrogens (tertiary/aromatic N) is 3. The highest BCUT2D eigenvalue weighted by Gasteiger charge is 2.39. The molecular formula is C19H23N3O6S. The van der Waals surface area contributed by atoms with Gasteiger partial charge in [0.1, 0.15) is 18.1 Å². The topological polar surface area (TPSA) is 100 Å². The molecule has 0 N–H and O–H groups in total. The first kappa shape index (κ1) is 20.9. The fourth-order valence-corrected chi connectivity index (χ4v) is 3.80. The summed E-state index contributed by atoms with van der Waals surface area (Å²) in [6, 6.07) is 7.08. The third-order valence-electron chi connectivity index (χ3n) is 4.31. The van der Waals surface area contributed by atoms with Crippen LogP contribution in [0.1, 0.15) is 19.6 Å². The fraction of sp³-hybridized carbons (Fsp3) is 0.368. The molecule has 1 aliphatic heterocycles. The van der Waals surface area contributed by atoms with Crippen LogP contribution in [0, 0.1) is 0 Å². The second kappa shape index (κ2) is 7.88.